The van der Waals surface area contributed by atoms with Crippen LogP contribution in [0.5, 0.6) is 17.2 Å². The Morgan fingerprint density at radius 2 is 1.63 bits per heavy atom. The lowest BCUT2D eigenvalue weighted by Crippen LogP contribution is -2.42. The first-order valence-electron chi connectivity index (χ1n) is 13.4. The van der Waals surface area contributed by atoms with Crippen LogP contribution in [0, 0.1) is 0 Å². The monoisotopic (exact) mass is 586 g/mol. The summed E-state index contributed by atoms with van der Waals surface area (Å²) in [4.78, 5) is 32.4. The van der Waals surface area contributed by atoms with Gasteiger partial charge < -0.3 is 41.4 Å². The number of carbonyl (C=O) groups is 2. The molecule has 12 heteroatoms. The van der Waals surface area contributed by atoms with Crippen molar-refractivity contribution in [2.45, 2.75) is 18.9 Å². The third-order valence-corrected chi connectivity index (χ3v) is 6.54. The molecule has 0 bridgehead atoms. The number of carbonyl (C=O) groups excluding carboxylic acids is 1. The molecule has 0 aliphatic heterocycles. The van der Waals surface area contributed by atoms with Gasteiger partial charge in [0.2, 0.25) is 11.7 Å². The van der Waals surface area contributed by atoms with E-state index in [0.29, 0.717) is 47.2 Å². The number of hydrogen-bond donors (Lipinski definition) is 5. The van der Waals surface area contributed by atoms with Gasteiger partial charge in [0.1, 0.15) is 18.5 Å². The number of rotatable bonds is 14. The Bertz CT molecular complexity index is 1520. The Labute approximate surface area is 249 Å². The first-order chi connectivity index (χ1) is 20.8. The zero-order valence-corrected chi connectivity index (χ0v) is 23.9. The molecule has 1 amide bonds. The molecule has 0 radical (unpaired) electrons. The summed E-state index contributed by atoms with van der Waals surface area (Å²) in [6.45, 7) is 0.726. The number of aromatic nitrogens is 2. The predicted molar refractivity (Wildman–Crippen MR) is 163 cm³/mol. The van der Waals surface area contributed by atoms with Gasteiger partial charge in [-0.3, -0.25) is 4.79 Å². The summed E-state index contributed by atoms with van der Waals surface area (Å²) in [6.07, 6.45) is 2.22. The average Bonchev–Trinajstić information content (AvgIpc) is 3.01. The van der Waals surface area contributed by atoms with E-state index in [1.54, 1.807) is 44.7 Å². The van der Waals surface area contributed by atoms with Crippen LogP contribution in [0.15, 0.2) is 72.9 Å². The van der Waals surface area contributed by atoms with Crippen LogP contribution in [-0.4, -0.2) is 60.4 Å². The van der Waals surface area contributed by atoms with Crippen LogP contribution in [0.1, 0.15) is 27.0 Å². The molecule has 7 N–H and O–H groups in total. The van der Waals surface area contributed by atoms with Gasteiger partial charge in [-0.05, 0) is 47.5 Å². The highest BCUT2D eigenvalue weighted by Crippen LogP contribution is 2.39. The Hall–Kier alpha value is -5.52. The second-order valence-corrected chi connectivity index (χ2v) is 9.55. The fourth-order valence-corrected chi connectivity index (χ4v) is 4.35. The van der Waals surface area contributed by atoms with Crippen LogP contribution < -0.4 is 36.3 Å². The van der Waals surface area contributed by atoms with E-state index in [4.69, 9.17) is 25.7 Å². The summed E-state index contributed by atoms with van der Waals surface area (Å²) in [6, 6.07) is 18.5. The van der Waals surface area contributed by atoms with Crippen molar-refractivity contribution < 1.29 is 28.9 Å². The SMILES string of the molecule is COc1cc(Cc2cnc(N)nc2N)cc(OC)c1OCCNc1ccc(C(=O)NC(Cc2ccccc2)C(=O)O)cc1. The predicted octanol–water partition coefficient (Wildman–Crippen LogP) is 3.17. The van der Waals surface area contributed by atoms with Gasteiger partial charge in [0.05, 0.1) is 14.2 Å². The second kappa shape index (κ2) is 14.4. The van der Waals surface area contributed by atoms with Gasteiger partial charge in [-0.1, -0.05) is 30.3 Å². The fourth-order valence-electron chi connectivity index (χ4n) is 4.35. The van der Waals surface area contributed by atoms with Gasteiger partial charge in [0.15, 0.2) is 11.5 Å². The number of aliphatic carboxylic acids is 1. The third kappa shape index (κ3) is 8.26. The minimum atomic E-state index is -1.10. The first kappa shape index (κ1) is 30.4. The molecule has 3 aromatic carbocycles. The smallest absolute Gasteiger partial charge is 0.326 e. The van der Waals surface area contributed by atoms with Crippen LogP contribution in [0.3, 0.4) is 0 Å². The maximum Gasteiger partial charge on any atom is 0.326 e. The third-order valence-electron chi connectivity index (χ3n) is 6.54. The van der Waals surface area contributed by atoms with Crippen molar-refractivity contribution in [1.82, 2.24) is 15.3 Å². The van der Waals surface area contributed by atoms with Crippen molar-refractivity contribution in [3.05, 3.63) is 95.2 Å². The summed E-state index contributed by atoms with van der Waals surface area (Å²) in [5.41, 5.74) is 15.1. The van der Waals surface area contributed by atoms with E-state index < -0.39 is 17.9 Å². The number of nitrogens with one attached hydrogen (secondary N) is 2. The zero-order chi connectivity index (χ0) is 30.8. The fraction of sp³-hybridized carbons (Fsp3) is 0.226. The molecule has 0 saturated heterocycles. The molecule has 0 aliphatic carbocycles. The second-order valence-electron chi connectivity index (χ2n) is 9.55. The Morgan fingerprint density at radius 1 is 0.953 bits per heavy atom. The van der Waals surface area contributed by atoms with Crippen molar-refractivity contribution in [2.24, 2.45) is 0 Å². The van der Waals surface area contributed by atoms with Gasteiger partial charge in [-0.2, -0.15) is 4.98 Å². The van der Waals surface area contributed by atoms with Crippen molar-refractivity contribution in [2.75, 3.05) is 44.2 Å². The van der Waals surface area contributed by atoms with Crippen LogP contribution in [-0.2, 0) is 17.6 Å². The lowest BCUT2D eigenvalue weighted by atomic mass is 10.1. The highest BCUT2D eigenvalue weighted by Gasteiger charge is 2.21. The first-order valence-corrected chi connectivity index (χ1v) is 13.4. The molecule has 1 atom stereocenters. The summed E-state index contributed by atoms with van der Waals surface area (Å²) < 4.78 is 17.1. The Kier molecular flexibility index (Phi) is 10.2. The zero-order valence-electron chi connectivity index (χ0n) is 23.9. The van der Waals surface area contributed by atoms with E-state index in [1.165, 1.54) is 0 Å². The number of carboxylic acids is 1. The molecule has 0 aliphatic rings. The molecule has 4 aromatic rings. The summed E-state index contributed by atoms with van der Waals surface area (Å²) in [7, 11) is 3.09. The van der Waals surface area contributed by atoms with Gasteiger partial charge in [0.25, 0.3) is 5.91 Å². The van der Waals surface area contributed by atoms with Gasteiger partial charge >= 0.3 is 5.97 Å². The van der Waals surface area contributed by atoms with Crippen LogP contribution in [0.25, 0.3) is 0 Å². The van der Waals surface area contributed by atoms with E-state index in [2.05, 4.69) is 20.6 Å². The number of benzene rings is 3. The van der Waals surface area contributed by atoms with E-state index in [9.17, 15) is 14.7 Å². The molecular formula is C31H34N6O6. The highest BCUT2D eigenvalue weighted by atomic mass is 16.5. The van der Waals surface area contributed by atoms with Crippen molar-refractivity contribution in [1.29, 1.82) is 0 Å². The molecule has 224 valence electrons. The van der Waals surface area contributed by atoms with Crippen LogP contribution in [0.4, 0.5) is 17.5 Å². The van der Waals surface area contributed by atoms with E-state index >= 15 is 0 Å². The maximum atomic E-state index is 12.7. The number of amides is 1. The summed E-state index contributed by atoms with van der Waals surface area (Å²) in [5, 5.41) is 15.4. The highest BCUT2D eigenvalue weighted by molar-refractivity contribution is 5.96. The molecule has 1 aromatic heterocycles. The van der Waals surface area contributed by atoms with Crippen LogP contribution >= 0.6 is 0 Å². The molecule has 0 fully saturated rings. The lowest BCUT2D eigenvalue weighted by molar-refractivity contribution is -0.139. The molecule has 0 spiro atoms. The van der Waals surface area contributed by atoms with Gasteiger partial charge in [-0.15, -0.1) is 0 Å². The molecule has 0 saturated carbocycles. The van der Waals surface area contributed by atoms with E-state index in [-0.39, 0.29) is 19.0 Å². The number of nitrogen functional groups attached to an aromatic ring is 2. The van der Waals surface area contributed by atoms with Crippen molar-refractivity contribution >= 4 is 29.3 Å². The standard InChI is InChI=1S/C31H34N6O6/c1-41-25-16-20(14-22-18-35-31(33)37-28(22)32)17-26(42-2)27(25)43-13-12-34-23-10-8-21(9-11-23)29(38)36-24(30(39)40)15-19-6-4-3-5-7-19/h3-11,16-18,24,34H,12-15H2,1-2H3,(H,36,38)(H,39,40)(H4,32,33,35,37). The van der Waals surface area contributed by atoms with Crippen molar-refractivity contribution in [3.8, 4) is 17.2 Å². The lowest BCUT2D eigenvalue weighted by Gasteiger charge is -2.17. The Balaban J connectivity index is 1.32. The number of anilines is 3. The number of hydrogen-bond acceptors (Lipinski definition) is 10. The number of ether oxygens (including phenoxy) is 3. The summed E-state index contributed by atoms with van der Waals surface area (Å²) >= 11 is 0. The minimum Gasteiger partial charge on any atom is -0.493 e. The van der Waals surface area contributed by atoms with E-state index in [0.717, 1.165) is 16.8 Å². The number of carboxylic acid groups (broad SMARTS) is 1. The molecule has 4 rings (SSSR count). The van der Waals surface area contributed by atoms with Gasteiger partial charge in [0, 0.05) is 42.4 Å². The topological polar surface area (TPSA) is 184 Å². The quantitative estimate of drug-likeness (QED) is 0.137. The average molecular weight is 587 g/mol. The number of nitrogens with zero attached hydrogens (tertiary/aromatic N) is 2. The normalized spacial score (nSPS) is 11.3. The van der Waals surface area contributed by atoms with E-state index in [1.807, 2.05) is 42.5 Å². The molecule has 43 heavy (non-hydrogen) atoms. The Morgan fingerprint density at radius 3 is 2.23 bits per heavy atom. The van der Waals surface area contributed by atoms with Gasteiger partial charge in [-0.25, -0.2) is 9.78 Å². The maximum absolute atomic E-state index is 12.7. The summed E-state index contributed by atoms with van der Waals surface area (Å²) in [5.74, 6) is 0.286. The van der Waals surface area contributed by atoms with Crippen LogP contribution in [0.2, 0.25) is 0 Å². The van der Waals surface area contributed by atoms with Crippen molar-refractivity contribution in [3.63, 3.8) is 0 Å². The molecule has 1 heterocycles. The molecular weight excluding hydrogens is 552 g/mol. The minimum absolute atomic E-state index is 0.110. The molecule has 1 unspecified atom stereocenters. The number of methoxy groups -OCH3 is 2. The largest absolute Gasteiger partial charge is 0.493 e. The molecule has 12 nitrogen and oxygen atoms in total. The number of nitrogens with two attached hydrogens (primary N) is 2.